The highest BCUT2D eigenvalue weighted by Crippen LogP contribution is 2.22. The van der Waals surface area contributed by atoms with Crippen molar-refractivity contribution < 1.29 is 14.3 Å². The standard InChI is InChI=1S/C20H31NO3/c1-4-16-7-9-17(10-8-16)20(15(2)3)21-19(22)11-13-23-14-18-6-5-12-24-18/h7-10,15,18,20H,4-6,11-14H2,1-3H3,(H,21,22). The Balaban J connectivity index is 1.77. The first kappa shape index (κ1) is 18.9. The van der Waals surface area contributed by atoms with Crippen molar-refractivity contribution in [2.24, 2.45) is 5.92 Å². The molecule has 1 fully saturated rings. The van der Waals surface area contributed by atoms with Crippen molar-refractivity contribution in [1.82, 2.24) is 5.32 Å². The van der Waals surface area contributed by atoms with Gasteiger partial charge < -0.3 is 14.8 Å². The number of ether oxygens (including phenoxy) is 2. The minimum Gasteiger partial charge on any atom is -0.378 e. The van der Waals surface area contributed by atoms with E-state index in [1.165, 1.54) is 5.56 Å². The van der Waals surface area contributed by atoms with Gasteiger partial charge in [-0.15, -0.1) is 0 Å². The Bertz CT molecular complexity index is 492. The summed E-state index contributed by atoms with van der Waals surface area (Å²) >= 11 is 0. The van der Waals surface area contributed by atoms with E-state index in [1.54, 1.807) is 0 Å². The van der Waals surface area contributed by atoms with Gasteiger partial charge in [-0.3, -0.25) is 4.79 Å². The number of aryl methyl sites for hydroxylation is 1. The Hall–Kier alpha value is -1.39. The van der Waals surface area contributed by atoms with Crippen LogP contribution in [0.1, 0.15) is 57.2 Å². The largest absolute Gasteiger partial charge is 0.378 e. The quantitative estimate of drug-likeness (QED) is 0.702. The molecule has 1 N–H and O–H groups in total. The lowest BCUT2D eigenvalue weighted by Crippen LogP contribution is -2.32. The van der Waals surface area contributed by atoms with Crippen LogP contribution in [0, 0.1) is 5.92 Å². The molecule has 1 aliphatic rings. The lowest BCUT2D eigenvalue weighted by molar-refractivity contribution is -0.123. The summed E-state index contributed by atoms with van der Waals surface area (Å²) < 4.78 is 11.1. The minimum atomic E-state index is 0.0422. The summed E-state index contributed by atoms with van der Waals surface area (Å²) in [4.78, 5) is 12.2. The minimum absolute atomic E-state index is 0.0422. The molecule has 2 rings (SSSR count). The lowest BCUT2D eigenvalue weighted by atomic mass is 9.94. The molecule has 0 saturated carbocycles. The van der Waals surface area contributed by atoms with Crippen LogP contribution in [0.5, 0.6) is 0 Å². The molecular formula is C20H31NO3. The molecule has 0 spiro atoms. The monoisotopic (exact) mass is 333 g/mol. The lowest BCUT2D eigenvalue weighted by Gasteiger charge is -2.23. The zero-order valence-corrected chi connectivity index (χ0v) is 15.2. The van der Waals surface area contributed by atoms with E-state index in [0.717, 1.165) is 31.4 Å². The number of hydrogen-bond donors (Lipinski definition) is 1. The van der Waals surface area contributed by atoms with Crippen molar-refractivity contribution in [1.29, 1.82) is 0 Å². The van der Waals surface area contributed by atoms with Crippen LogP contribution in [-0.4, -0.2) is 31.8 Å². The van der Waals surface area contributed by atoms with Crippen LogP contribution in [0.15, 0.2) is 24.3 Å². The zero-order chi connectivity index (χ0) is 17.4. The van der Waals surface area contributed by atoms with Crippen LogP contribution in [0.4, 0.5) is 0 Å². The highest BCUT2D eigenvalue weighted by molar-refractivity contribution is 5.76. The van der Waals surface area contributed by atoms with E-state index < -0.39 is 0 Å². The van der Waals surface area contributed by atoms with Crippen molar-refractivity contribution in [3.8, 4) is 0 Å². The number of nitrogens with one attached hydrogen (secondary N) is 1. The second-order valence-corrected chi connectivity index (χ2v) is 6.84. The van der Waals surface area contributed by atoms with Crippen LogP contribution < -0.4 is 5.32 Å². The fraction of sp³-hybridized carbons (Fsp3) is 0.650. The first-order chi connectivity index (χ1) is 11.6. The topological polar surface area (TPSA) is 47.6 Å². The molecule has 0 bridgehead atoms. The summed E-state index contributed by atoms with van der Waals surface area (Å²) in [5, 5.41) is 3.15. The maximum atomic E-state index is 12.2. The number of hydrogen-bond acceptors (Lipinski definition) is 3. The van der Waals surface area contributed by atoms with Crippen molar-refractivity contribution in [3.63, 3.8) is 0 Å². The Kier molecular flexibility index (Phi) is 7.73. The fourth-order valence-corrected chi connectivity index (χ4v) is 3.00. The van der Waals surface area contributed by atoms with Gasteiger partial charge in [-0.1, -0.05) is 45.0 Å². The molecule has 1 amide bonds. The molecule has 134 valence electrons. The molecule has 24 heavy (non-hydrogen) atoms. The van der Waals surface area contributed by atoms with Gasteiger partial charge in [0.2, 0.25) is 5.91 Å². The summed E-state index contributed by atoms with van der Waals surface area (Å²) in [5.74, 6) is 0.384. The Labute approximate surface area is 145 Å². The number of benzene rings is 1. The first-order valence-electron chi connectivity index (χ1n) is 9.17. The van der Waals surface area contributed by atoms with Gasteiger partial charge in [0.1, 0.15) is 0 Å². The van der Waals surface area contributed by atoms with Crippen molar-refractivity contribution in [2.45, 2.75) is 58.6 Å². The van der Waals surface area contributed by atoms with Crippen LogP contribution >= 0.6 is 0 Å². The maximum absolute atomic E-state index is 12.2. The van der Waals surface area contributed by atoms with Gasteiger partial charge in [0.15, 0.2) is 0 Å². The van der Waals surface area contributed by atoms with E-state index in [4.69, 9.17) is 9.47 Å². The molecule has 1 saturated heterocycles. The van der Waals surface area contributed by atoms with Crippen LogP contribution in [0.3, 0.4) is 0 Å². The van der Waals surface area contributed by atoms with Gasteiger partial charge in [-0.2, -0.15) is 0 Å². The number of amides is 1. The predicted molar refractivity (Wildman–Crippen MR) is 96.0 cm³/mol. The SMILES string of the molecule is CCc1ccc(C(NC(=O)CCOCC2CCCO2)C(C)C)cc1. The molecule has 2 atom stereocenters. The van der Waals surface area contributed by atoms with E-state index in [2.05, 4.69) is 50.4 Å². The molecule has 1 aromatic carbocycles. The van der Waals surface area contributed by atoms with Crippen LogP contribution in [-0.2, 0) is 20.7 Å². The zero-order valence-electron chi connectivity index (χ0n) is 15.2. The molecule has 1 heterocycles. The van der Waals surface area contributed by atoms with Gasteiger partial charge in [0.25, 0.3) is 0 Å². The highest BCUT2D eigenvalue weighted by atomic mass is 16.5. The van der Waals surface area contributed by atoms with Gasteiger partial charge in [-0.05, 0) is 36.3 Å². The van der Waals surface area contributed by atoms with Gasteiger partial charge in [0, 0.05) is 13.0 Å². The van der Waals surface area contributed by atoms with Gasteiger partial charge in [-0.25, -0.2) is 0 Å². The third-order valence-corrected chi connectivity index (χ3v) is 4.53. The maximum Gasteiger partial charge on any atom is 0.222 e. The van der Waals surface area contributed by atoms with Gasteiger partial charge in [0.05, 0.1) is 25.4 Å². The van der Waals surface area contributed by atoms with Crippen molar-refractivity contribution in [2.75, 3.05) is 19.8 Å². The second kappa shape index (κ2) is 9.80. The summed E-state index contributed by atoms with van der Waals surface area (Å²) in [6, 6.07) is 8.57. The highest BCUT2D eigenvalue weighted by Gasteiger charge is 2.19. The van der Waals surface area contributed by atoms with Crippen molar-refractivity contribution >= 4 is 5.91 Å². The molecular weight excluding hydrogens is 302 g/mol. The van der Waals surface area contributed by atoms with Crippen LogP contribution in [0.25, 0.3) is 0 Å². The smallest absolute Gasteiger partial charge is 0.222 e. The molecule has 4 nitrogen and oxygen atoms in total. The van der Waals surface area contributed by atoms with E-state index >= 15 is 0 Å². The van der Waals surface area contributed by atoms with E-state index in [-0.39, 0.29) is 18.1 Å². The number of rotatable bonds is 9. The number of carbonyl (C=O) groups is 1. The molecule has 0 radical (unpaired) electrons. The van der Waals surface area contributed by atoms with Crippen LogP contribution in [0.2, 0.25) is 0 Å². The molecule has 1 aromatic rings. The molecule has 4 heteroatoms. The third-order valence-electron chi connectivity index (χ3n) is 4.53. The summed E-state index contributed by atoms with van der Waals surface area (Å²) in [6.45, 7) is 8.29. The molecule has 0 aliphatic carbocycles. The fourth-order valence-electron chi connectivity index (χ4n) is 3.00. The summed E-state index contributed by atoms with van der Waals surface area (Å²) in [5.41, 5.74) is 2.48. The third kappa shape index (κ3) is 5.91. The average molecular weight is 333 g/mol. The Morgan fingerprint density at radius 2 is 2.08 bits per heavy atom. The second-order valence-electron chi connectivity index (χ2n) is 6.84. The van der Waals surface area contributed by atoms with Crippen molar-refractivity contribution in [3.05, 3.63) is 35.4 Å². The number of carbonyl (C=O) groups excluding carboxylic acids is 1. The normalized spacial score (nSPS) is 18.8. The van der Waals surface area contributed by atoms with E-state index in [0.29, 0.717) is 25.6 Å². The molecule has 1 aliphatic heterocycles. The van der Waals surface area contributed by atoms with E-state index in [1.807, 2.05) is 0 Å². The Morgan fingerprint density at radius 3 is 2.67 bits per heavy atom. The average Bonchev–Trinajstić information content (AvgIpc) is 3.10. The molecule has 2 unspecified atom stereocenters. The van der Waals surface area contributed by atoms with Gasteiger partial charge >= 0.3 is 0 Å². The molecule has 0 aromatic heterocycles. The predicted octanol–water partition coefficient (Wildman–Crippen LogP) is 3.65. The summed E-state index contributed by atoms with van der Waals surface area (Å²) in [6.07, 6.45) is 3.81. The summed E-state index contributed by atoms with van der Waals surface area (Å²) in [7, 11) is 0. The van der Waals surface area contributed by atoms with E-state index in [9.17, 15) is 4.79 Å². The Morgan fingerprint density at radius 1 is 1.33 bits per heavy atom. The first-order valence-corrected chi connectivity index (χ1v) is 9.17.